The van der Waals surface area contributed by atoms with E-state index in [1.54, 1.807) is 18.9 Å². The second-order valence-corrected chi connectivity index (χ2v) is 8.72. The Morgan fingerprint density at radius 2 is 2.03 bits per heavy atom. The van der Waals surface area contributed by atoms with Gasteiger partial charge in [0.2, 0.25) is 0 Å². The monoisotopic (exact) mass is 439 g/mol. The predicted molar refractivity (Wildman–Crippen MR) is 121 cm³/mol. The molecular formula is C23H29N5O2S. The van der Waals surface area contributed by atoms with Crippen molar-refractivity contribution in [3.05, 3.63) is 65.7 Å². The summed E-state index contributed by atoms with van der Waals surface area (Å²) in [6, 6.07) is 14.2. The van der Waals surface area contributed by atoms with Crippen molar-refractivity contribution in [3.8, 4) is 5.75 Å². The van der Waals surface area contributed by atoms with E-state index in [1.165, 1.54) is 5.56 Å². The van der Waals surface area contributed by atoms with Crippen LogP contribution in [-0.4, -0.2) is 51.5 Å². The van der Waals surface area contributed by atoms with E-state index >= 15 is 0 Å². The molecule has 1 fully saturated rings. The largest absolute Gasteiger partial charge is 0.497 e. The third kappa shape index (κ3) is 6.06. The minimum atomic E-state index is 0.232. The van der Waals surface area contributed by atoms with E-state index in [2.05, 4.69) is 43.8 Å². The Morgan fingerprint density at radius 1 is 1.16 bits per heavy atom. The molecule has 4 rings (SSSR count). The smallest absolute Gasteiger partial charge is 0.191 e. The van der Waals surface area contributed by atoms with Crippen molar-refractivity contribution in [2.45, 2.75) is 49.5 Å². The first-order chi connectivity index (χ1) is 15.2. The molecule has 3 aromatic rings. The van der Waals surface area contributed by atoms with Gasteiger partial charge in [-0.1, -0.05) is 30.0 Å². The highest BCUT2D eigenvalue weighted by Crippen LogP contribution is 2.24. The quantitative estimate of drug-likeness (QED) is 0.445. The number of thioether (sulfide) groups is 1. The molecule has 1 unspecified atom stereocenters. The summed E-state index contributed by atoms with van der Waals surface area (Å²) in [6.45, 7) is 3.18. The number of benzene rings is 1. The molecule has 1 saturated heterocycles. The zero-order chi connectivity index (χ0) is 21.5. The van der Waals surface area contributed by atoms with Crippen LogP contribution in [0.25, 0.3) is 0 Å². The molecule has 0 radical (unpaired) electrons. The van der Waals surface area contributed by atoms with Crippen molar-refractivity contribution in [2.24, 2.45) is 0 Å². The van der Waals surface area contributed by atoms with Gasteiger partial charge in [-0.15, -0.1) is 10.2 Å². The Bertz CT molecular complexity index is 942. The predicted octanol–water partition coefficient (Wildman–Crippen LogP) is 3.79. The van der Waals surface area contributed by atoms with Crippen molar-refractivity contribution in [1.82, 2.24) is 24.6 Å². The molecule has 7 nitrogen and oxygen atoms in total. The van der Waals surface area contributed by atoms with E-state index in [0.29, 0.717) is 0 Å². The highest BCUT2D eigenvalue weighted by molar-refractivity contribution is 7.98. The lowest BCUT2D eigenvalue weighted by Crippen LogP contribution is -2.23. The number of nitrogens with zero attached hydrogens (tertiary/aromatic N) is 5. The summed E-state index contributed by atoms with van der Waals surface area (Å²) in [7, 11) is 3.79. The molecule has 1 aliphatic heterocycles. The lowest BCUT2D eigenvalue weighted by atomic mass is 10.2. The minimum Gasteiger partial charge on any atom is -0.497 e. The van der Waals surface area contributed by atoms with Crippen LogP contribution in [0.5, 0.6) is 5.75 Å². The summed E-state index contributed by atoms with van der Waals surface area (Å²) >= 11 is 1.68. The molecule has 0 bridgehead atoms. The number of pyridine rings is 1. The molecule has 0 saturated carbocycles. The molecule has 1 aromatic carbocycles. The highest BCUT2D eigenvalue weighted by atomic mass is 32.2. The van der Waals surface area contributed by atoms with E-state index in [0.717, 1.165) is 67.3 Å². The SMILES string of the molecule is COc1ccc(CN(C)Cc2nnc(SCc3ccccn3)n2CC2CCCO2)cc1. The van der Waals surface area contributed by atoms with Crippen LogP contribution in [-0.2, 0) is 30.1 Å². The number of hydrogen-bond donors (Lipinski definition) is 0. The van der Waals surface area contributed by atoms with Crippen molar-refractivity contribution >= 4 is 11.8 Å². The Kier molecular flexibility index (Phi) is 7.56. The second kappa shape index (κ2) is 10.7. The molecule has 3 heterocycles. The van der Waals surface area contributed by atoms with Crippen LogP contribution in [0.2, 0.25) is 0 Å². The maximum absolute atomic E-state index is 5.90. The molecule has 1 atom stereocenters. The van der Waals surface area contributed by atoms with Gasteiger partial charge in [-0.3, -0.25) is 9.88 Å². The van der Waals surface area contributed by atoms with Gasteiger partial charge in [0, 0.05) is 25.1 Å². The third-order valence-corrected chi connectivity index (χ3v) is 6.30. The van der Waals surface area contributed by atoms with Gasteiger partial charge in [0.05, 0.1) is 32.0 Å². The Labute approximate surface area is 187 Å². The molecular weight excluding hydrogens is 410 g/mol. The first kappa shape index (κ1) is 21.8. The van der Waals surface area contributed by atoms with Gasteiger partial charge < -0.3 is 14.0 Å². The Balaban J connectivity index is 1.45. The molecule has 2 aromatic heterocycles. The standard InChI is InChI=1S/C23H29N5O2S/c1-27(14-18-8-10-20(29-2)11-9-18)16-22-25-26-23(28(22)15-21-7-5-13-30-21)31-17-19-6-3-4-12-24-19/h3-4,6,8-12,21H,5,7,13-17H2,1-2H3. The minimum absolute atomic E-state index is 0.232. The Hall–Kier alpha value is -2.42. The first-order valence-electron chi connectivity index (χ1n) is 10.6. The van der Waals surface area contributed by atoms with Gasteiger partial charge in [0.1, 0.15) is 11.6 Å². The fraction of sp³-hybridized carbons (Fsp3) is 0.435. The first-order valence-corrected chi connectivity index (χ1v) is 11.6. The van der Waals surface area contributed by atoms with Crippen LogP contribution < -0.4 is 4.74 Å². The maximum atomic E-state index is 5.90. The van der Waals surface area contributed by atoms with E-state index in [1.807, 2.05) is 36.5 Å². The van der Waals surface area contributed by atoms with Crippen molar-refractivity contribution in [1.29, 1.82) is 0 Å². The average Bonchev–Trinajstić information content (AvgIpc) is 3.44. The van der Waals surface area contributed by atoms with Crippen molar-refractivity contribution < 1.29 is 9.47 Å². The van der Waals surface area contributed by atoms with Crippen LogP contribution in [0, 0.1) is 0 Å². The van der Waals surface area contributed by atoms with Crippen molar-refractivity contribution in [3.63, 3.8) is 0 Å². The van der Waals surface area contributed by atoms with Gasteiger partial charge >= 0.3 is 0 Å². The van der Waals surface area contributed by atoms with Crippen LogP contribution in [0.15, 0.2) is 53.8 Å². The molecule has 0 spiro atoms. The number of ether oxygens (including phenoxy) is 2. The second-order valence-electron chi connectivity index (χ2n) is 7.77. The molecule has 8 heteroatoms. The van der Waals surface area contributed by atoms with Gasteiger partial charge in [-0.05, 0) is 49.7 Å². The van der Waals surface area contributed by atoms with E-state index in [9.17, 15) is 0 Å². The number of hydrogen-bond acceptors (Lipinski definition) is 7. The summed E-state index contributed by atoms with van der Waals surface area (Å²) in [6.07, 6.45) is 4.27. The fourth-order valence-corrected chi connectivity index (χ4v) is 4.56. The van der Waals surface area contributed by atoms with E-state index in [-0.39, 0.29) is 6.10 Å². The summed E-state index contributed by atoms with van der Waals surface area (Å²) in [5.41, 5.74) is 2.27. The molecule has 0 amide bonds. The molecule has 31 heavy (non-hydrogen) atoms. The van der Waals surface area contributed by atoms with Gasteiger partial charge in [-0.25, -0.2) is 0 Å². The number of aromatic nitrogens is 4. The third-order valence-electron chi connectivity index (χ3n) is 5.30. The topological polar surface area (TPSA) is 65.3 Å². The lowest BCUT2D eigenvalue weighted by molar-refractivity contribution is 0.0934. The van der Waals surface area contributed by atoms with Crippen LogP contribution in [0.1, 0.15) is 29.9 Å². The highest BCUT2D eigenvalue weighted by Gasteiger charge is 2.21. The summed E-state index contributed by atoms with van der Waals surface area (Å²) < 4.78 is 13.4. The molecule has 0 N–H and O–H groups in total. The number of methoxy groups -OCH3 is 1. The number of rotatable bonds is 10. The van der Waals surface area contributed by atoms with Gasteiger partial charge in [0.15, 0.2) is 5.16 Å². The van der Waals surface area contributed by atoms with Crippen LogP contribution in [0.3, 0.4) is 0 Å². The summed E-state index contributed by atoms with van der Waals surface area (Å²) in [5, 5.41) is 9.96. The van der Waals surface area contributed by atoms with Gasteiger partial charge in [-0.2, -0.15) is 0 Å². The zero-order valence-corrected chi connectivity index (χ0v) is 18.9. The Morgan fingerprint density at radius 3 is 2.74 bits per heavy atom. The summed E-state index contributed by atoms with van der Waals surface area (Å²) in [4.78, 5) is 6.68. The molecule has 0 aliphatic carbocycles. The van der Waals surface area contributed by atoms with Crippen molar-refractivity contribution in [2.75, 3.05) is 20.8 Å². The zero-order valence-electron chi connectivity index (χ0n) is 18.1. The van der Waals surface area contributed by atoms with Gasteiger partial charge in [0.25, 0.3) is 0 Å². The molecule has 1 aliphatic rings. The molecule has 164 valence electrons. The van der Waals surface area contributed by atoms with Crippen LogP contribution >= 0.6 is 11.8 Å². The normalized spacial score (nSPS) is 16.2. The maximum Gasteiger partial charge on any atom is 0.191 e. The lowest BCUT2D eigenvalue weighted by Gasteiger charge is -2.19. The average molecular weight is 440 g/mol. The van der Waals surface area contributed by atoms with Crippen LogP contribution in [0.4, 0.5) is 0 Å². The summed E-state index contributed by atoms with van der Waals surface area (Å²) in [5.74, 6) is 2.61. The van der Waals surface area contributed by atoms with E-state index < -0.39 is 0 Å². The fourth-order valence-electron chi connectivity index (χ4n) is 3.68. The van der Waals surface area contributed by atoms with E-state index in [4.69, 9.17) is 9.47 Å².